The molecule has 0 spiro atoms. The Bertz CT molecular complexity index is 1230. The van der Waals surface area contributed by atoms with E-state index in [1.54, 1.807) is 29.2 Å². The topological polar surface area (TPSA) is 99.4 Å². The number of para-hydroxylation sites is 1. The lowest BCUT2D eigenvalue weighted by molar-refractivity contribution is -0.167. The number of phenolic OH excluding ortho intramolecular Hbond substituents is 1. The van der Waals surface area contributed by atoms with Gasteiger partial charge in [0.05, 0.1) is 6.61 Å². The van der Waals surface area contributed by atoms with Crippen molar-refractivity contribution in [1.82, 2.24) is 4.90 Å². The minimum atomic E-state index is -1.23. The van der Waals surface area contributed by atoms with Crippen molar-refractivity contribution in [3.63, 3.8) is 0 Å². The Morgan fingerprint density at radius 2 is 1.67 bits per heavy atom. The fourth-order valence-electron chi connectivity index (χ4n) is 4.47. The van der Waals surface area contributed by atoms with E-state index in [9.17, 15) is 19.8 Å². The number of carbonyl (C=O) groups excluding carboxylic acids is 2. The number of aliphatic imine (C=N–C) groups is 1. The van der Waals surface area contributed by atoms with Crippen LogP contribution in [0.1, 0.15) is 22.8 Å². The van der Waals surface area contributed by atoms with Crippen molar-refractivity contribution in [1.29, 1.82) is 0 Å². The first-order valence-electron chi connectivity index (χ1n) is 11.7. The minimum absolute atomic E-state index is 0.0672. The molecule has 0 saturated carbocycles. The average Bonchev–Trinajstić information content (AvgIpc) is 2.93. The van der Waals surface area contributed by atoms with E-state index in [2.05, 4.69) is 4.99 Å². The van der Waals surface area contributed by atoms with E-state index in [1.165, 1.54) is 18.0 Å². The van der Waals surface area contributed by atoms with Gasteiger partial charge < -0.3 is 19.8 Å². The van der Waals surface area contributed by atoms with E-state index >= 15 is 0 Å². The molecule has 2 fully saturated rings. The molecule has 36 heavy (non-hydrogen) atoms. The summed E-state index contributed by atoms with van der Waals surface area (Å²) in [5.74, 6) is -0.361. The standard InChI is InChI=1S/C28H26N2O5S/c31-17-28(27(34)35-24(19-9-3-1-4-10-19)20-11-5-2-6-12-20)16-30-25(33)23(26(30)36-18-28)29-15-21-13-7-8-14-22(21)32/h1-15,23-24,26,31-32H,16-18H2/t23?,26-,28?/m1/s1. The number of amides is 1. The average molecular weight is 503 g/mol. The zero-order valence-electron chi connectivity index (χ0n) is 19.4. The summed E-state index contributed by atoms with van der Waals surface area (Å²) in [6, 6.07) is 25.1. The van der Waals surface area contributed by atoms with Gasteiger partial charge in [-0.15, -0.1) is 11.8 Å². The van der Waals surface area contributed by atoms with E-state index in [1.807, 2.05) is 60.7 Å². The number of carbonyl (C=O) groups is 2. The highest BCUT2D eigenvalue weighted by molar-refractivity contribution is 8.00. The Balaban J connectivity index is 1.32. The molecule has 5 rings (SSSR count). The Hall–Kier alpha value is -3.62. The molecule has 2 aliphatic rings. The maximum Gasteiger partial charge on any atom is 0.318 e. The molecule has 2 N–H and O–H groups in total. The maximum atomic E-state index is 13.5. The lowest BCUT2D eigenvalue weighted by Crippen LogP contribution is -2.69. The monoisotopic (exact) mass is 502 g/mol. The van der Waals surface area contributed by atoms with Crippen LogP contribution in [-0.4, -0.2) is 63.5 Å². The van der Waals surface area contributed by atoms with Gasteiger partial charge in [0.1, 0.15) is 16.5 Å². The Morgan fingerprint density at radius 3 is 2.28 bits per heavy atom. The number of rotatable bonds is 7. The number of aromatic hydroxyl groups is 1. The molecule has 3 aromatic carbocycles. The lowest BCUT2D eigenvalue weighted by atomic mass is 9.87. The number of thioether (sulfide) groups is 1. The van der Waals surface area contributed by atoms with Gasteiger partial charge >= 0.3 is 5.97 Å². The molecule has 2 heterocycles. The van der Waals surface area contributed by atoms with E-state index in [-0.39, 0.29) is 23.6 Å². The first-order chi connectivity index (χ1) is 17.5. The van der Waals surface area contributed by atoms with Crippen molar-refractivity contribution >= 4 is 29.9 Å². The minimum Gasteiger partial charge on any atom is -0.507 e. The maximum absolute atomic E-state index is 13.5. The van der Waals surface area contributed by atoms with Crippen LogP contribution in [-0.2, 0) is 14.3 Å². The molecule has 3 atom stereocenters. The predicted octanol–water partition coefficient (Wildman–Crippen LogP) is 3.41. The van der Waals surface area contributed by atoms with Crippen molar-refractivity contribution in [3.05, 3.63) is 102 Å². The molecule has 0 bridgehead atoms. The number of ether oxygens (including phenoxy) is 1. The van der Waals surface area contributed by atoms with Gasteiger partial charge in [-0.3, -0.25) is 14.6 Å². The number of hydrogen-bond donors (Lipinski definition) is 2. The quantitative estimate of drug-likeness (QED) is 0.292. The van der Waals surface area contributed by atoms with Crippen molar-refractivity contribution in [2.24, 2.45) is 10.4 Å². The summed E-state index contributed by atoms with van der Waals surface area (Å²) >= 11 is 1.41. The molecule has 0 radical (unpaired) electrons. The fraction of sp³-hybridized carbons (Fsp3) is 0.250. The smallest absolute Gasteiger partial charge is 0.318 e. The molecule has 0 aliphatic carbocycles. The van der Waals surface area contributed by atoms with Crippen LogP contribution < -0.4 is 0 Å². The normalized spacial score (nSPS) is 23.4. The van der Waals surface area contributed by atoms with Gasteiger partial charge in [0, 0.05) is 24.1 Å². The Kier molecular flexibility index (Phi) is 6.80. The van der Waals surface area contributed by atoms with Gasteiger partial charge in [-0.1, -0.05) is 72.8 Å². The van der Waals surface area contributed by atoms with Gasteiger partial charge in [-0.05, 0) is 23.3 Å². The van der Waals surface area contributed by atoms with Gasteiger partial charge in [0.15, 0.2) is 12.1 Å². The molecule has 0 aromatic heterocycles. The highest BCUT2D eigenvalue weighted by atomic mass is 32.2. The summed E-state index contributed by atoms with van der Waals surface area (Å²) in [6.07, 6.45) is 0.872. The molecule has 1 amide bonds. The summed E-state index contributed by atoms with van der Waals surface area (Å²) in [5.41, 5.74) is 0.950. The van der Waals surface area contributed by atoms with Crippen molar-refractivity contribution in [3.8, 4) is 5.75 Å². The second-order valence-corrected chi connectivity index (χ2v) is 10.1. The summed E-state index contributed by atoms with van der Waals surface area (Å²) < 4.78 is 6.04. The molecule has 7 nitrogen and oxygen atoms in total. The van der Waals surface area contributed by atoms with E-state index in [4.69, 9.17) is 4.74 Å². The number of aliphatic hydroxyl groups is 1. The second kappa shape index (κ2) is 10.2. The van der Waals surface area contributed by atoms with Gasteiger partial charge in [-0.25, -0.2) is 0 Å². The number of β-lactam (4-membered cyclic amide) rings is 1. The number of fused-ring (bicyclic) bond motifs is 1. The molecular formula is C28H26N2O5S. The third-order valence-electron chi connectivity index (χ3n) is 6.59. The molecular weight excluding hydrogens is 476 g/mol. The number of phenols is 1. The van der Waals surface area contributed by atoms with Gasteiger partial charge in [0.2, 0.25) is 0 Å². The van der Waals surface area contributed by atoms with E-state index < -0.39 is 30.1 Å². The van der Waals surface area contributed by atoms with Crippen LogP contribution in [0.5, 0.6) is 5.75 Å². The summed E-state index contributed by atoms with van der Waals surface area (Å²) in [5, 5.41) is 20.0. The van der Waals surface area contributed by atoms with Crippen LogP contribution >= 0.6 is 11.8 Å². The SMILES string of the molecule is O=C1C(N=Cc2ccccc2O)[C@H]2SCC(CO)(C(=O)OC(c3ccccc3)c3ccccc3)CN12. The van der Waals surface area contributed by atoms with Crippen molar-refractivity contribution < 1.29 is 24.5 Å². The third kappa shape index (κ3) is 4.50. The largest absolute Gasteiger partial charge is 0.507 e. The molecule has 184 valence electrons. The first-order valence-corrected chi connectivity index (χ1v) is 12.7. The summed E-state index contributed by atoms with van der Waals surface area (Å²) in [6.45, 7) is -0.366. The third-order valence-corrected chi connectivity index (χ3v) is 8.17. The van der Waals surface area contributed by atoms with Crippen molar-refractivity contribution in [2.75, 3.05) is 18.9 Å². The van der Waals surface area contributed by atoms with Crippen LogP contribution in [0.2, 0.25) is 0 Å². The van der Waals surface area contributed by atoms with Crippen LogP contribution in [0.3, 0.4) is 0 Å². The molecule has 2 unspecified atom stereocenters. The van der Waals surface area contributed by atoms with Crippen molar-refractivity contribution in [2.45, 2.75) is 17.5 Å². The number of aliphatic hydroxyl groups excluding tert-OH is 1. The van der Waals surface area contributed by atoms with Crippen LogP contribution in [0.4, 0.5) is 0 Å². The zero-order valence-corrected chi connectivity index (χ0v) is 20.3. The number of nitrogens with zero attached hydrogens (tertiary/aromatic N) is 2. The fourth-order valence-corrected chi connectivity index (χ4v) is 5.98. The highest BCUT2D eigenvalue weighted by Gasteiger charge is 2.57. The lowest BCUT2D eigenvalue weighted by Gasteiger charge is -2.52. The summed E-state index contributed by atoms with van der Waals surface area (Å²) in [7, 11) is 0. The summed E-state index contributed by atoms with van der Waals surface area (Å²) in [4.78, 5) is 32.4. The van der Waals surface area contributed by atoms with E-state index in [0.29, 0.717) is 11.3 Å². The number of hydrogen-bond acceptors (Lipinski definition) is 7. The first kappa shape index (κ1) is 24.1. The number of esters is 1. The second-order valence-electron chi connectivity index (χ2n) is 8.99. The predicted molar refractivity (Wildman–Crippen MR) is 138 cm³/mol. The van der Waals surface area contributed by atoms with Gasteiger partial charge in [-0.2, -0.15) is 0 Å². The number of benzene rings is 3. The Labute approximate surface area is 213 Å². The van der Waals surface area contributed by atoms with Crippen LogP contribution in [0, 0.1) is 5.41 Å². The van der Waals surface area contributed by atoms with Gasteiger partial charge in [0.25, 0.3) is 5.91 Å². The molecule has 3 aromatic rings. The van der Waals surface area contributed by atoms with Crippen LogP contribution in [0.15, 0.2) is 89.9 Å². The Morgan fingerprint density at radius 1 is 1.06 bits per heavy atom. The van der Waals surface area contributed by atoms with Crippen LogP contribution in [0.25, 0.3) is 0 Å². The molecule has 2 aliphatic heterocycles. The zero-order chi connectivity index (χ0) is 25.1. The van der Waals surface area contributed by atoms with E-state index in [0.717, 1.165) is 11.1 Å². The molecule has 8 heteroatoms. The highest BCUT2D eigenvalue weighted by Crippen LogP contribution is 2.44. The molecule has 2 saturated heterocycles.